The van der Waals surface area contributed by atoms with E-state index in [0.29, 0.717) is 0 Å². The number of rotatable bonds is 0. The first-order chi connectivity index (χ1) is 21.4. The summed E-state index contributed by atoms with van der Waals surface area (Å²) < 4.78 is 6.78. The molecule has 0 saturated heterocycles. The van der Waals surface area contributed by atoms with Crippen molar-refractivity contribution in [2.75, 3.05) is 0 Å². The Hall–Kier alpha value is -2.62. The summed E-state index contributed by atoms with van der Waals surface area (Å²) >= 11 is 2.11. The Labute approximate surface area is 316 Å². The molecule has 8 aromatic rings. The summed E-state index contributed by atoms with van der Waals surface area (Å²) in [5.74, 6) is 0. The van der Waals surface area contributed by atoms with Gasteiger partial charge in [0.2, 0.25) is 0 Å². The summed E-state index contributed by atoms with van der Waals surface area (Å²) in [6.07, 6.45) is 0. The molecule has 8 rings (SSSR count). The van der Waals surface area contributed by atoms with Crippen LogP contribution in [0.25, 0.3) is 43.1 Å². The zero-order chi connectivity index (χ0) is 31.9. The van der Waals surface area contributed by atoms with Crippen LogP contribution in [0.5, 0.6) is 0 Å². The molecule has 0 aliphatic heterocycles. The van der Waals surface area contributed by atoms with Gasteiger partial charge in [0, 0.05) is 0 Å². The summed E-state index contributed by atoms with van der Waals surface area (Å²) in [6, 6.07) is 51.3. The first-order valence-electron chi connectivity index (χ1n) is 14.6. The van der Waals surface area contributed by atoms with Crippen molar-refractivity contribution < 1.29 is 72.6 Å². The van der Waals surface area contributed by atoms with Crippen LogP contribution in [0.2, 0.25) is 0 Å². The van der Waals surface area contributed by atoms with Gasteiger partial charge in [-0.3, -0.25) is 0 Å². The number of fused-ring (bicyclic) bond motifs is 4. The number of benzene rings is 4. The van der Waals surface area contributed by atoms with Crippen LogP contribution in [0, 0.1) is 27.7 Å². The fraction of sp³-hybridized carbons (Fsp3) is 0.0952. The van der Waals surface area contributed by atoms with Gasteiger partial charge in [0.05, 0.1) is 0 Å². The first kappa shape index (κ1) is 41.4. The van der Waals surface area contributed by atoms with Gasteiger partial charge in [0.15, 0.2) is 0 Å². The standard InChI is InChI=1S/4C10H9.2CH2.2ClH.2Hf/c4*1-8-6-9-4-2-3-5-10(9)7-8;;;;;;/h4*2-7H,1H3;2*1H2;2*1H;;/q4*-1;;;;;2*+2/p-2. The van der Waals surface area contributed by atoms with Gasteiger partial charge in [0.25, 0.3) is 0 Å². The van der Waals surface area contributed by atoms with Crippen molar-refractivity contribution in [3.63, 3.8) is 0 Å². The van der Waals surface area contributed by atoms with Gasteiger partial charge in [-0.05, 0) is 0 Å². The predicted molar refractivity (Wildman–Crippen MR) is 191 cm³/mol. The van der Waals surface area contributed by atoms with E-state index < -0.39 is 0 Å². The molecule has 232 valence electrons. The molecule has 0 aromatic heterocycles. The van der Waals surface area contributed by atoms with E-state index in [1.165, 1.54) is 65.3 Å². The van der Waals surface area contributed by atoms with E-state index in [1.807, 2.05) is 0 Å². The van der Waals surface area contributed by atoms with E-state index in [-0.39, 0.29) is 24.8 Å². The molecular weight excluding hydrogens is 932 g/mol. The normalized spacial score (nSPS) is 9.39. The molecule has 0 radical (unpaired) electrons. The number of aryl methyl sites for hydroxylation is 4. The molecule has 8 aromatic carbocycles. The summed E-state index contributed by atoms with van der Waals surface area (Å²) in [4.78, 5) is 0. The second-order valence-corrected chi connectivity index (χ2v) is 10.6. The SMILES string of the molecule is Cc1cc2ccccc2[cH-]1.Cc1cc2ccccc2[cH-]1.Cc1cc2ccccc2[cH-]1.Cc1cc2ccccc2[cH-]1.[CH2]=[Hf+2].[CH2]=[Hf+2].[Cl-].[Cl-]. The molecule has 0 saturated carbocycles. The average Bonchev–Trinajstić information content (AvgIpc) is 3.82. The van der Waals surface area contributed by atoms with Crippen LogP contribution in [0.4, 0.5) is 0 Å². The molecule has 0 nitrogen and oxygen atoms in total. The first-order valence-corrected chi connectivity index (χ1v) is 19.7. The minimum Gasteiger partial charge on any atom is -1.00 e. The van der Waals surface area contributed by atoms with Gasteiger partial charge in [-0.15, -0.1) is 162 Å². The van der Waals surface area contributed by atoms with Gasteiger partial charge in [-0.2, -0.15) is 24.3 Å². The van der Waals surface area contributed by atoms with E-state index in [4.69, 9.17) is 0 Å². The van der Waals surface area contributed by atoms with E-state index in [1.54, 1.807) is 0 Å². The second-order valence-electron chi connectivity index (χ2n) is 10.6. The van der Waals surface area contributed by atoms with Gasteiger partial charge in [-0.1, -0.05) is 52.0 Å². The fourth-order valence-corrected chi connectivity index (χ4v) is 5.22. The van der Waals surface area contributed by atoms with Gasteiger partial charge in [0.1, 0.15) is 0 Å². The van der Waals surface area contributed by atoms with Crippen LogP contribution in [-0.2, 0) is 47.8 Å². The van der Waals surface area contributed by atoms with E-state index in [0.717, 1.165) is 47.8 Å². The third-order valence-electron chi connectivity index (χ3n) is 7.05. The van der Waals surface area contributed by atoms with Crippen molar-refractivity contribution in [1.82, 2.24) is 0 Å². The molecule has 4 heteroatoms. The van der Waals surface area contributed by atoms with E-state index >= 15 is 0 Å². The molecule has 0 aliphatic rings. The molecule has 0 N–H and O–H groups in total. The average molecular weight is 973 g/mol. The van der Waals surface area contributed by atoms with Crippen molar-refractivity contribution in [1.29, 1.82) is 0 Å². The molecule has 0 spiro atoms. The molecule has 0 heterocycles. The van der Waals surface area contributed by atoms with Crippen molar-refractivity contribution in [3.8, 4) is 0 Å². The number of hydrogen-bond acceptors (Lipinski definition) is 0. The maximum atomic E-state index is 3.39. The van der Waals surface area contributed by atoms with Crippen molar-refractivity contribution in [2.24, 2.45) is 0 Å². The summed E-state index contributed by atoms with van der Waals surface area (Å²) in [5.41, 5.74) is 5.39. The molecule has 0 amide bonds. The Morgan fingerprint density at radius 3 is 0.696 bits per heavy atom. The van der Waals surface area contributed by atoms with Crippen molar-refractivity contribution in [3.05, 3.63) is 168 Å². The van der Waals surface area contributed by atoms with Crippen LogP contribution < -0.4 is 24.8 Å². The number of hydrogen-bond donors (Lipinski definition) is 0. The Morgan fingerprint density at radius 1 is 0.348 bits per heavy atom. The molecule has 0 bridgehead atoms. The minimum atomic E-state index is 0. The summed E-state index contributed by atoms with van der Waals surface area (Å²) in [5, 5.41) is 10.8. The Balaban J connectivity index is 0.000000292. The fourth-order valence-electron chi connectivity index (χ4n) is 5.22. The van der Waals surface area contributed by atoms with Crippen LogP contribution >= 0.6 is 0 Å². The second kappa shape index (κ2) is 22.0. The van der Waals surface area contributed by atoms with Gasteiger partial charge < -0.3 is 24.8 Å². The topological polar surface area (TPSA) is 0 Å². The Morgan fingerprint density at radius 2 is 0.522 bits per heavy atom. The number of halogens is 2. The zero-order valence-corrected chi connectivity index (χ0v) is 35.7. The third-order valence-corrected chi connectivity index (χ3v) is 7.05. The predicted octanol–water partition coefficient (Wildman–Crippen LogP) is 5.41. The van der Waals surface area contributed by atoms with E-state index in [2.05, 4.69) is 182 Å². The smallest absolute Gasteiger partial charge is 1.00 e. The molecular formula is C42H40Cl2Hf2-2. The molecule has 0 fully saturated rings. The van der Waals surface area contributed by atoms with Crippen LogP contribution in [0.1, 0.15) is 22.3 Å². The van der Waals surface area contributed by atoms with Crippen LogP contribution in [0.15, 0.2) is 146 Å². The molecule has 0 unspecified atom stereocenters. The molecule has 0 atom stereocenters. The monoisotopic (exact) mass is 974 g/mol. The van der Waals surface area contributed by atoms with E-state index in [9.17, 15) is 0 Å². The van der Waals surface area contributed by atoms with Crippen molar-refractivity contribution in [2.45, 2.75) is 27.7 Å². The maximum absolute atomic E-state index is 3.39. The van der Waals surface area contributed by atoms with Crippen LogP contribution in [-0.4, -0.2) is 8.52 Å². The quantitative estimate of drug-likeness (QED) is 0.141. The van der Waals surface area contributed by atoms with Gasteiger partial charge in [-0.25, -0.2) is 0 Å². The Bertz CT molecular complexity index is 1580. The zero-order valence-electron chi connectivity index (χ0n) is 27.0. The summed E-state index contributed by atoms with van der Waals surface area (Å²) in [6.45, 7) is 8.50. The van der Waals surface area contributed by atoms with Crippen LogP contribution in [0.3, 0.4) is 0 Å². The molecule has 46 heavy (non-hydrogen) atoms. The summed E-state index contributed by atoms with van der Waals surface area (Å²) in [7, 11) is 0. The largest absolute Gasteiger partial charge is 1.00 e. The van der Waals surface area contributed by atoms with Crippen molar-refractivity contribution >= 4 is 51.6 Å². The third kappa shape index (κ3) is 12.5. The maximum Gasteiger partial charge on any atom is -1.00 e. The van der Waals surface area contributed by atoms with Gasteiger partial charge >= 0.3 is 56.3 Å². The Kier molecular flexibility index (Phi) is 19.8. The molecule has 0 aliphatic carbocycles. The minimum absolute atomic E-state index is 0.